The summed E-state index contributed by atoms with van der Waals surface area (Å²) in [6.07, 6.45) is 1.53. The second-order valence-electron chi connectivity index (χ2n) is 6.09. The molecule has 8 nitrogen and oxygen atoms in total. The molecule has 0 aliphatic carbocycles. The van der Waals surface area contributed by atoms with Gasteiger partial charge in [-0.25, -0.2) is 8.42 Å². The minimum Gasteiger partial charge on any atom is -0.495 e. The first-order valence-electron chi connectivity index (χ1n) is 8.53. The number of amides is 1. The number of rotatable bonds is 6. The largest absolute Gasteiger partial charge is 0.495 e. The summed E-state index contributed by atoms with van der Waals surface area (Å²) in [6.45, 7) is 2.98. The third kappa shape index (κ3) is 4.15. The summed E-state index contributed by atoms with van der Waals surface area (Å²) in [4.78, 5) is 12.5. The molecule has 3 rings (SSSR count). The molecule has 1 aromatic carbocycles. The smallest absolute Gasteiger partial charge is 0.251 e. The maximum Gasteiger partial charge on any atom is 0.251 e. The molecule has 146 valence electrons. The molecular weight excluding hydrogens is 372 g/mol. The molecule has 1 saturated heterocycles. The van der Waals surface area contributed by atoms with E-state index in [-0.39, 0.29) is 35.3 Å². The lowest BCUT2D eigenvalue weighted by molar-refractivity contribution is 0.0729. The summed E-state index contributed by atoms with van der Waals surface area (Å²) < 4.78 is 43.0. The van der Waals surface area contributed by atoms with Gasteiger partial charge >= 0.3 is 0 Å². The van der Waals surface area contributed by atoms with Crippen molar-refractivity contribution in [3.63, 3.8) is 0 Å². The van der Waals surface area contributed by atoms with Crippen molar-refractivity contribution in [2.45, 2.75) is 17.9 Å². The Balaban J connectivity index is 1.87. The number of benzene rings is 1. The Morgan fingerprint density at radius 3 is 2.63 bits per heavy atom. The number of nitrogens with zero attached hydrogens (tertiary/aromatic N) is 1. The highest BCUT2D eigenvalue weighted by Crippen LogP contribution is 2.28. The average Bonchev–Trinajstić information content (AvgIpc) is 3.23. The van der Waals surface area contributed by atoms with E-state index in [2.05, 4.69) is 5.32 Å². The maximum absolute atomic E-state index is 13.0. The summed E-state index contributed by atoms with van der Waals surface area (Å²) in [5.41, 5.74) is 0.223. The van der Waals surface area contributed by atoms with Crippen molar-refractivity contribution in [2.75, 3.05) is 33.4 Å². The van der Waals surface area contributed by atoms with Crippen LogP contribution in [0.1, 0.15) is 29.1 Å². The molecule has 0 saturated carbocycles. The van der Waals surface area contributed by atoms with Crippen LogP contribution in [0.15, 0.2) is 45.9 Å². The van der Waals surface area contributed by atoms with E-state index in [9.17, 15) is 13.2 Å². The zero-order valence-corrected chi connectivity index (χ0v) is 16.0. The van der Waals surface area contributed by atoms with Gasteiger partial charge in [-0.05, 0) is 37.3 Å². The predicted molar refractivity (Wildman–Crippen MR) is 97.2 cm³/mol. The fraction of sp³-hybridized carbons (Fsp3) is 0.389. The Hall–Kier alpha value is -2.36. The van der Waals surface area contributed by atoms with Crippen molar-refractivity contribution in [2.24, 2.45) is 0 Å². The van der Waals surface area contributed by atoms with Crippen LogP contribution in [0, 0.1) is 0 Å². The highest BCUT2D eigenvalue weighted by Gasteiger charge is 2.30. The molecule has 2 aromatic rings. The Morgan fingerprint density at radius 1 is 1.26 bits per heavy atom. The summed E-state index contributed by atoms with van der Waals surface area (Å²) in [5.74, 6) is 0.398. The van der Waals surface area contributed by atoms with E-state index in [0.717, 1.165) is 0 Å². The standard InChI is InChI=1S/C18H22N2O6S/c1-13(15-4-3-9-26-15)19-18(21)14-5-6-16(24-2)17(12-14)27(22,23)20-7-10-25-11-8-20/h3-6,9,12-13H,7-8,10-11H2,1-2H3,(H,19,21)/t13-/m0/s1. The van der Waals surface area contributed by atoms with E-state index in [1.165, 1.54) is 35.9 Å². The number of furan rings is 1. The molecule has 0 unspecified atom stereocenters. The molecule has 1 fully saturated rings. The normalized spacial score (nSPS) is 16.7. The Morgan fingerprint density at radius 2 is 2.00 bits per heavy atom. The van der Waals surface area contributed by atoms with Crippen LogP contribution >= 0.6 is 0 Å². The molecule has 0 bridgehead atoms. The second kappa shape index (κ2) is 8.12. The van der Waals surface area contributed by atoms with Gasteiger partial charge in [-0.2, -0.15) is 4.31 Å². The van der Waals surface area contributed by atoms with Gasteiger partial charge in [0, 0.05) is 18.7 Å². The van der Waals surface area contributed by atoms with Crippen LogP contribution < -0.4 is 10.1 Å². The van der Waals surface area contributed by atoms with Crippen LogP contribution in [0.3, 0.4) is 0 Å². The summed E-state index contributed by atoms with van der Waals surface area (Å²) >= 11 is 0. The number of methoxy groups -OCH3 is 1. The number of carbonyl (C=O) groups is 1. The fourth-order valence-corrected chi connectivity index (χ4v) is 4.42. The Bertz CT molecular complexity index is 889. The number of hydrogen-bond acceptors (Lipinski definition) is 6. The lowest BCUT2D eigenvalue weighted by Gasteiger charge is -2.26. The molecule has 1 aliphatic rings. The third-order valence-corrected chi connectivity index (χ3v) is 6.25. The molecular formula is C18H22N2O6S. The van der Waals surface area contributed by atoms with Crippen molar-refractivity contribution in [1.82, 2.24) is 9.62 Å². The van der Waals surface area contributed by atoms with E-state index >= 15 is 0 Å². The van der Waals surface area contributed by atoms with Gasteiger partial charge < -0.3 is 19.2 Å². The lowest BCUT2D eigenvalue weighted by Crippen LogP contribution is -2.40. The Labute approximate surface area is 158 Å². The van der Waals surface area contributed by atoms with Gasteiger partial charge in [0.15, 0.2) is 0 Å². The monoisotopic (exact) mass is 394 g/mol. The molecule has 1 aliphatic heterocycles. The maximum atomic E-state index is 13.0. The van der Waals surface area contributed by atoms with E-state index < -0.39 is 15.9 Å². The highest BCUT2D eigenvalue weighted by atomic mass is 32.2. The molecule has 0 radical (unpaired) electrons. The summed E-state index contributed by atoms with van der Waals surface area (Å²) in [5, 5.41) is 2.79. The summed E-state index contributed by atoms with van der Waals surface area (Å²) in [6, 6.07) is 7.49. The van der Waals surface area contributed by atoms with E-state index in [1.54, 1.807) is 19.1 Å². The van der Waals surface area contributed by atoms with Crippen LogP contribution in [0.4, 0.5) is 0 Å². The number of morpholine rings is 1. The number of nitrogens with one attached hydrogen (secondary N) is 1. The zero-order chi connectivity index (χ0) is 19.4. The first-order valence-corrected chi connectivity index (χ1v) is 9.97. The van der Waals surface area contributed by atoms with Crippen molar-refractivity contribution >= 4 is 15.9 Å². The zero-order valence-electron chi connectivity index (χ0n) is 15.2. The second-order valence-corrected chi connectivity index (χ2v) is 8.00. The topological polar surface area (TPSA) is 98.1 Å². The van der Waals surface area contributed by atoms with E-state index in [1.807, 2.05) is 0 Å². The fourth-order valence-electron chi connectivity index (χ4n) is 2.83. The van der Waals surface area contributed by atoms with Gasteiger partial charge in [0.2, 0.25) is 10.0 Å². The van der Waals surface area contributed by atoms with Crippen molar-refractivity contribution in [3.05, 3.63) is 47.9 Å². The minimum atomic E-state index is -3.80. The first-order chi connectivity index (χ1) is 12.9. The molecule has 2 heterocycles. The molecule has 1 amide bonds. The van der Waals surface area contributed by atoms with Crippen molar-refractivity contribution < 1.29 is 27.1 Å². The van der Waals surface area contributed by atoms with Crippen LogP contribution in [0.25, 0.3) is 0 Å². The minimum absolute atomic E-state index is 0.0369. The molecule has 9 heteroatoms. The molecule has 1 aromatic heterocycles. The van der Waals surface area contributed by atoms with Gasteiger partial charge in [-0.15, -0.1) is 0 Å². The molecule has 1 N–H and O–H groups in total. The first kappa shape index (κ1) is 19.4. The quantitative estimate of drug-likeness (QED) is 0.802. The van der Waals surface area contributed by atoms with E-state index in [0.29, 0.717) is 19.0 Å². The number of ether oxygens (including phenoxy) is 2. The van der Waals surface area contributed by atoms with Gasteiger partial charge in [0.05, 0.1) is 32.6 Å². The van der Waals surface area contributed by atoms with Gasteiger partial charge in [0.25, 0.3) is 5.91 Å². The molecule has 1 atom stereocenters. The molecule has 0 spiro atoms. The third-order valence-electron chi connectivity index (χ3n) is 4.33. The van der Waals surface area contributed by atoms with E-state index in [4.69, 9.17) is 13.9 Å². The van der Waals surface area contributed by atoms with Gasteiger partial charge in [-0.1, -0.05) is 0 Å². The number of carbonyl (C=O) groups excluding carboxylic acids is 1. The van der Waals surface area contributed by atoms with Crippen LogP contribution in [0.5, 0.6) is 5.75 Å². The number of sulfonamides is 1. The predicted octanol–water partition coefficient (Wildman–Crippen LogP) is 1.80. The summed E-state index contributed by atoms with van der Waals surface area (Å²) in [7, 11) is -2.41. The molecule has 27 heavy (non-hydrogen) atoms. The van der Waals surface area contributed by atoms with Crippen LogP contribution in [0.2, 0.25) is 0 Å². The van der Waals surface area contributed by atoms with Crippen LogP contribution in [-0.4, -0.2) is 52.0 Å². The Kier molecular flexibility index (Phi) is 5.83. The lowest BCUT2D eigenvalue weighted by atomic mass is 10.1. The number of hydrogen-bond donors (Lipinski definition) is 1. The van der Waals surface area contributed by atoms with Crippen molar-refractivity contribution in [1.29, 1.82) is 0 Å². The van der Waals surface area contributed by atoms with Gasteiger partial charge in [0.1, 0.15) is 16.4 Å². The van der Waals surface area contributed by atoms with Crippen molar-refractivity contribution in [3.8, 4) is 5.75 Å². The van der Waals surface area contributed by atoms with Gasteiger partial charge in [-0.3, -0.25) is 4.79 Å². The average molecular weight is 394 g/mol. The highest BCUT2D eigenvalue weighted by molar-refractivity contribution is 7.89. The SMILES string of the molecule is COc1ccc(C(=O)N[C@@H](C)c2ccco2)cc1S(=O)(=O)N1CCOCC1. The van der Waals surface area contributed by atoms with Crippen LogP contribution in [-0.2, 0) is 14.8 Å².